The summed E-state index contributed by atoms with van der Waals surface area (Å²) in [5.41, 5.74) is 1.94. The molecule has 8 heteroatoms. The SMILES string of the molecule is CCCC(=O)Nc1ccc(CNC(=NC)NC2CCCC(S(=O)CC)C2)cc1.I. The number of hydrogen-bond acceptors (Lipinski definition) is 3. The Kier molecular flexibility index (Phi) is 12.4. The normalized spacial score (nSPS) is 20.3. The molecule has 3 atom stereocenters. The summed E-state index contributed by atoms with van der Waals surface area (Å²) < 4.78 is 12.1. The Balaban J connectivity index is 0.00000420. The summed E-state index contributed by atoms with van der Waals surface area (Å²) >= 11 is 0. The molecule has 0 aromatic heterocycles. The third kappa shape index (κ3) is 9.02. The zero-order chi connectivity index (χ0) is 20.4. The van der Waals surface area contributed by atoms with E-state index in [4.69, 9.17) is 0 Å². The number of carbonyl (C=O) groups excluding carboxylic acids is 1. The van der Waals surface area contributed by atoms with E-state index < -0.39 is 10.8 Å². The van der Waals surface area contributed by atoms with E-state index >= 15 is 0 Å². The van der Waals surface area contributed by atoms with Crippen molar-refractivity contribution < 1.29 is 9.00 Å². The number of anilines is 1. The molecule has 1 saturated carbocycles. The molecule has 1 aromatic carbocycles. The summed E-state index contributed by atoms with van der Waals surface area (Å²) in [5.74, 6) is 1.56. The van der Waals surface area contributed by atoms with E-state index in [9.17, 15) is 9.00 Å². The standard InChI is InChI=1S/C21H34N4O2S.HI/c1-4-7-20(26)24-17-12-10-16(11-13-17)15-23-21(22-3)25-18-8-6-9-19(14-18)28(27)5-2;/h10-13,18-19H,4-9,14-15H2,1-3H3,(H,24,26)(H2,22,23,25);1H. The molecule has 1 amide bonds. The van der Waals surface area contributed by atoms with Crippen molar-refractivity contribution in [1.29, 1.82) is 0 Å². The van der Waals surface area contributed by atoms with Gasteiger partial charge in [-0.2, -0.15) is 0 Å². The number of benzene rings is 1. The molecular weight excluding hydrogens is 499 g/mol. The highest BCUT2D eigenvalue weighted by atomic mass is 127. The first-order valence-corrected chi connectivity index (χ1v) is 11.7. The number of rotatable bonds is 8. The quantitative estimate of drug-likeness (QED) is 0.269. The summed E-state index contributed by atoms with van der Waals surface area (Å²) in [7, 11) is 1.05. The van der Waals surface area contributed by atoms with E-state index in [0.29, 0.717) is 24.3 Å². The van der Waals surface area contributed by atoms with Crippen LogP contribution in [0.5, 0.6) is 0 Å². The van der Waals surface area contributed by atoms with Gasteiger partial charge in [-0.3, -0.25) is 14.0 Å². The van der Waals surface area contributed by atoms with E-state index in [0.717, 1.165) is 55.1 Å². The Hall–Kier alpha value is -1.16. The van der Waals surface area contributed by atoms with Gasteiger partial charge in [0.15, 0.2) is 5.96 Å². The van der Waals surface area contributed by atoms with E-state index in [-0.39, 0.29) is 29.9 Å². The molecule has 6 nitrogen and oxygen atoms in total. The fourth-order valence-electron chi connectivity index (χ4n) is 3.48. The molecule has 0 aliphatic heterocycles. The number of nitrogens with one attached hydrogen (secondary N) is 3. The number of hydrogen-bond donors (Lipinski definition) is 3. The molecule has 1 aliphatic rings. The van der Waals surface area contributed by atoms with E-state index in [1.54, 1.807) is 7.05 Å². The maximum atomic E-state index is 12.1. The highest BCUT2D eigenvalue weighted by Crippen LogP contribution is 2.23. The third-order valence-corrected chi connectivity index (χ3v) is 6.76. The van der Waals surface area contributed by atoms with Crippen LogP contribution in [0, 0.1) is 0 Å². The van der Waals surface area contributed by atoms with E-state index in [1.165, 1.54) is 0 Å². The highest BCUT2D eigenvalue weighted by molar-refractivity contribution is 14.0. The number of nitrogens with zero attached hydrogens (tertiary/aromatic N) is 1. The Morgan fingerprint density at radius 3 is 2.55 bits per heavy atom. The van der Waals surface area contributed by atoms with Gasteiger partial charge in [0, 0.05) is 53.5 Å². The summed E-state index contributed by atoms with van der Waals surface area (Å²) in [6.07, 6.45) is 5.58. The monoisotopic (exact) mass is 534 g/mol. The number of guanidine groups is 1. The Bertz CT molecular complexity index is 682. The van der Waals surface area contributed by atoms with Crippen LogP contribution >= 0.6 is 24.0 Å². The van der Waals surface area contributed by atoms with Crippen LogP contribution in [0.1, 0.15) is 57.9 Å². The Morgan fingerprint density at radius 1 is 1.21 bits per heavy atom. The molecule has 0 saturated heterocycles. The van der Waals surface area contributed by atoms with Crippen molar-refractivity contribution in [1.82, 2.24) is 10.6 Å². The molecule has 3 unspecified atom stereocenters. The first kappa shape index (κ1) is 25.9. The molecule has 1 fully saturated rings. The molecular formula is C21H35IN4O2S. The maximum absolute atomic E-state index is 12.1. The number of aliphatic imine (C=N–C) groups is 1. The molecule has 1 aliphatic carbocycles. The molecule has 1 aromatic rings. The van der Waals surface area contributed by atoms with E-state index in [2.05, 4.69) is 20.9 Å². The lowest BCUT2D eigenvalue weighted by atomic mass is 9.95. The van der Waals surface area contributed by atoms with Gasteiger partial charge in [0.25, 0.3) is 0 Å². The van der Waals surface area contributed by atoms with Crippen molar-refractivity contribution in [2.24, 2.45) is 4.99 Å². The van der Waals surface area contributed by atoms with Gasteiger partial charge in [-0.1, -0.05) is 32.4 Å². The fourth-order valence-corrected chi connectivity index (χ4v) is 4.83. The first-order chi connectivity index (χ1) is 13.5. The summed E-state index contributed by atoms with van der Waals surface area (Å²) in [6.45, 7) is 4.64. The van der Waals surface area contributed by atoms with Crippen LogP contribution in [0.3, 0.4) is 0 Å². The Labute approximate surface area is 194 Å². The second kappa shape index (κ2) is 14.0. The molecule has 0 heterocycles. The minimum absolute atomic E-state index is 0. The van der Waals surface area contributed by atoms with Crippen LogP contribution in [0.4, 0.5) is 5.69 Å². The predicted octanol–water partition coefficient (Wildman–Crippen LogP) is 3.79. The molecule has 164 valence electrons. The average Bonchev–Trinajstić information content (AvgIpc) is 2.72. The second-order valence-corrected chi connectivity index (χ2v) is 9.23. The van der Waals surface area contributed by atoms with Crippen LogP contribution in [-0.4, -0.2) is 40.2 Å². The molecule has 29 heavy (non-hydrogen) atoms. The Morgan fingerprint density at radius 2 is 1.93 bits per heavy atom. The van der Waals surface area contributed by atoms with Crippen LogP contribution in [0.25, 0.3) is 0 Å². The third-order valence-electron chi connectivity index (χ3n) is 5.02. The topological polar surface area (TPSA) is 82.6 Å². The van der Waals surface area contributed by atoms with Gasteiger partial charge in [0.2, 0.25) is 5.91 Å². The van der Waals surface area contributed by atoms with Crippen molar-refractivity contribution in [2.75, 3.05) is 18.1 Å². The zero-order valence-electron chi connectivity index (χ0n) is 17.7. The highest BCUT2D eigenvalue weighted by Gasteiger charge is 2.25. The summed E-state index contributed by atoms with van der Waals surface area (Å²) in [4.78, 5) is 16.0. The van der Waals surface area contributed by atoms with Crippen molar-refractivity contribution in [2.45, 2.75) is 70.2 Å². The fraction of sp³-hybridized carbons (Fsp3) is 0.619. The van der Waals surface area contributed by atoms with Gasteiger partial charge in [-0.25, -0.2) is 0 Å². The predicted molar refractivity (Wildman–Crippen MR) is 133 cm³/mol. The van der Waals surface area contributed by atoms with Gasteiger partial charge in [-0.15, -0.1) is 24.0 Å². The second-order valence-electron chi connectivity index (χ2n) is 7.22. The van der Waals surface area contributed by atoms with Crippen molar-refractivity contribution >= 4 is 52.3 Å². The van der Waals surface area contributed by atoms with Gasteiger partial charge >= 0.3 is 0 Å². The minimum Gasteiger partial charge on any atom is -0.354 e. The van der Waals surface area contributed by atoms with E-state index in [1.807, 2.05) is 38.1 Å². The smallest absolute Gasteiger partial charge is 0.224 e. The van der Waals surface area contributed by atoms with Crippen LogP contribution < -0.4 is 16.0 Å². The summed E-state index contributed by atoms with van der Waals surface area (Å²) in [5, 5.41) is 10.0. The van der Waals surface area contributed by atoms with Gasteiger partial charge in [0.05, 0.1) is 0 Å². The molecule has 0 radical (unpaired) electrons. The van der Waals surface area contributed by atoms with Crippen LogP contribution in [0.15, 0.2) is 29.3 Å². The maximum Gasteiger partial charge on any atom is 0.224 e. The molecule has 2 rings (SSSR count). The number of carbonyl (C=O) groups is 1. The van der Waals surface area contributed by atoms with Gasteiger partial charge in [-0.05, 0) is 43.4 Å². The lowest BCUT2D eigenvalue weighted by molar-refractivity contribution is -0.116. The van der Waals surface area contributed by atoms with Crippen LogP contribution in [-0.2, 0) is 22.1 Å². The van der Waals surface area contributed by atoms with Gasteiger partial charge < -0.3 is 16.0 Å². The zero-order valence-corrected chi connectivity index (χ0v) is 20.8. The molecule has 0 bridgehead atoms. The largest absolute Gasteiger partial charge is 0.354 e. The summed E-state index contributed by atoms with van der Waals surface area (Å²) in [6, 6.07) is 8.17. The molecule has 0 spiro atoms. The number of halogens is 1. The first-order valence-electron chi connectivity index (χ1n) is 10.3. The lowest BCUT2D eigenvalue weighted by Gasteiger charge is -2.30. The minimum atomic E-state index is -0.723. The van der Waals surface area contributed by atoms with Crippen molar-refractivity contribution in [3.63, 3.8) is 0 Å². The van der Waals surface area contributed by atoms with Crippen LogP contribution in [0.2, 0.25) is 0 Å². The number of amides is 1. The van der Waals surface area contributed by atoms with Gasteiger partial charge in [0.1, 0.15) is 0 Å². The lowest BCUT2D eigenvalue weighted by Crippen LogP contribution is -2.46. The van der Waals surface area contributed by atoms with Crippen molar-refractivity contribution in [3.8, 4) is 0 Å². The van der Waals surface area contributed by atoms with Crippen molar-refractivity contribution in [3.05, 3.63) is 29.8 Å². The average molecular weight is 535 g/mol. The molecule has 3 N–H and O–H groups in total.